The second-order valence-corrected chi connectivity index (χ2v) is 9.31. The van der Waals surface area contributed by atoms with Crippen molar-refractivity contribution in [3.05, 3.63) is 123 Å². The molecule has 0 aliphatic heterocycles. The van der Waals surface area contributed by atoms with Crippen LogP contribution < -0.4 is 5.56 Å². The van der Waals surface area contributed by atoms with E-state index in [1.54, 1.807) is 42.5 Å². The van der Waals surface area contributed by atoms with Gasteiger partial charge in [0.05, 0.1) is 24.9 Å². The summed E-state index contributed by atoms with van der Waals surface area (Å²) in [7, 11) is 1.28. The molecule has 0 aliphatic rings. The number of alkyl halides is 3. The van der Waals surface area contributed by atoms with Crippen molar-refractivity contribution in [1.82, 2.24) is 4.57 Å². The molecule has 0 aliphatic carbocycles. The predicted octanol–water partition coefficient (Wildman–Crippen LogP) is 6.92. The van der Waals surface area contributed by atoms with Crippen LogP contribution in [-0.2, 0) is 22.3 Å². The van der Waals surface area contributed by atoms with Gasteiger partial charge in [0.2, 0.25) is 0 Å². The zero-order valence-electron chi connectivity index (χ0n) is 22.0. The van der Waals surface area contributed by atoms with Crippen LogP contribution in [-0.4, -0.2) is 17.6 Å². The van der Waals surface area contributed by atoms with Crippen molar-refractivity contribution in [1.29, 1.82) is 5.26 Å². The Morgan fingerprint density at radius 2 is 1.65 bits per heavy atom. The number of esters is 1. The molecule has 3 aromatic carbocycles. The summed E-state index contributed by atoms with van der Waals surface area (Å²) in [6.45, 7) is 3.78. The minimum absolute atomic E-state index is 0.00880. The molecule has 0 amide bonds. The van der Waals surface area contributed by atoms with E-state index < -0.39 is 28.8 Å². The lowest BCUT2D eigenvalue weighted by Crippen LogP contribution is -2.29. The van der Waals surface area contributed by atoms with E-state index in [1.807, 2.05) is 44.2 Å². The topological polar surface area (TPSA) is 72.1 Å². The molecule has 0 fully saturated rings. The lowest BCUT2D eigenvalue weighted by Gasteiger charge is -2.19. The number of aryl methyl sites for hydroxylation is 2. The number of halogens is 3. The molecule has 0 atom stereocenters. The summed E-state index contributed by atoms with van der Waals surface area (Å²) in [4.78, 5) is 24.9. The normalized spacial score (nSPS) is 11.4. The Morgan fingerprint density at radius 3 is 2.30 bits per heavy atom. The maximum absolute atomic E-state index is 14.0. The number of aromatic nitrogens is 1. The summed E-state index contributed by atoms with van der Waals surface area (Å²) in [5, 5.41) is 9.52. The Labute approximate surface area is 229 Å². The number of hydrogen-bond donors (Lipinski definition) is 0. The van der Waals surface area contributed by atoms with Crippen LogP contribution in [0.1, 0.15) is 33.4 Å². The number of methoxy groups -OCH3 is 1. The summed E-state index contributed by atoms with van der Waals surface area (Å²) >= 11 is 0. The Balaban J connectivity index is 1.90. The van der Waals surface area contributed by atoms with Crippen molar-refractivity contribution in [2.45, 2.75) is 26.6 Å². The quantitative estimate of drug-likeness (QED) is 0.196. The zero-order chi connectivity index (χ0) is 29.0. The van der Waals surface area contributed by atoms with Gasteiger partial charge < -0.3 is 9.30 Å². The fourth-order valence-corrected chi connectivity index (χ4v) is 4.48. The van der Waals surface area contributed by atoms with Crippen LogP contribution in [0.25, 0.3) is 28.5 Å². The molecule has 0 spiro atoms. The number of ether oxygens (including phenoxy) is 1. The van der Waals surface area contributed by atoms with Crippen LogP contribution in [0.5, 0.6) is 0 Å². The number of carbonyl (C=O) groups is 1. The van der Waals surface area contributed by atoms with Crippen LogP contribution in [0.4, 0.5) is 13.2 Å². The number of pyridine rings is 1. The van der Waals surface area contributed by atoms with Gasteiger partial charge in [-0.25, -0.2) is 4.79 Å². The van der Waals surface area contributed by atoms with E-state index in [1.165, 1.54) is 23.8 Å². The van der Waals surface area contributed by atoms with Gasteiger partial charge in [-0.05, 0) is 71.5 Å². The molecular weight excluding hydrogens is 517 g/mol. The lowest BCUT2D eigenvalue weighted by atomic mass is 9.97. The van der Waals surface area contributed by atoms with E-state index in [-0.39, 0.29) is 12.2 Å². The molecule has 40 heavy (non-hydrogen) atoms. The van der Waals surface area contributed by atoms with Crippen molar-refractivity contribution < 1.29 is 22.7 Å². The molecule has 8 heteroatoms. The Kier molecular flexibility index (Phi) is 8.05. The van der Waals surface area contributed by atoms with Crippen LogP contribution in [0.3, 0.4) is 0 Å². The minimum atomic E-state index is -4.89. The molecule has 0 unspecified atom stereocenters. The Morgan fingerprint density at radius 1 is 0.975 bits per heavy atom. The van der Waals surface area contributed by atoms with Crippen LogP contribution in [0.15, 0.2) is 83.7 Å². The van der Waals surface area contributed by atoms with Gasteiger partial charge in [0, 0.05) is 6.08 Å². The first-order valence-corrected chi connectivity index (χ1v) is 12.3. The average molecular weight is 543 g/mol. The molecule has 0 bridgehead atoms. The molecule has 4 aromatic rings. The van der Waals surface area contributed by atoms with E-state index in [0.717, 1.165) is 33.9 Å². The molecule has 0 saturated carbocycles. The number of carbonyl (C=O) groups excluding carboxylic acids is 1. The zero-order valence-corrected chi connectivity index (χ0v) is 22.0. The van der Waals surface area contributed by atoms with E-state index >= 15 is 0 Å². The van der Waals surface area contributed by atoms with Gasteiger partial charge in [-0.3, -0.25) is 4.79 Å². The average Bonchev–Trinajstić information content (AvgIpc) is 2.93. The summed E-state index contributed by atoms with van der Waals surface area (Å²) in [5.74, 6) is -0.504. The summed E-state index contributed by atoms with van der Waals surface area (Å²) in [6, 6.07) is 22.0. The van der Waals surface area contributed by atoms with E-state index in [0.29, 0.717) is 11.1 Å². The third-order valence-electron chi connectivity index (χ3n) is 6.54. The number of nitrogens with zero attached hydrogens (tertiary/aromatic N) is 2. The highest BCUT2D eigenvalue weighted by Crippen LogP contribution is 2.35. The smallest absolute Gasteiger partial charge is 0.417 e. The van der Waals surface area contributed by atoms with Gasteiger partial charge in [0.25, 0.3) is 5.56 Å². The molecule has 4 rings (SSSR count). The second-order valence-electron chi connectivity index (χ2n) is 9.31. The van der Waals surface area contributed by atoms with Gasteiger partial charge in [-0.15, -0.1) is 0 Å². The van der Waals surface area contributed by atoms with Crippen molar-refractivity contribution >= 4 is 12.0 Å². The van der Waals surface area contributed by atoms with Crippen molar-refractivity contribution in [3.8, 4) is 28.5 Å². The highest BCUT2D eigenvalue weighted by molar-refractivity contribution is 5.87. The predicted molar refractivity (Wildman–Crippen MR) is 147 cm³/mol. The van der Waals surface area contributed by atoms with Crippen molar-refractivity contribution in [3.63, 3.8) is 0 Å². The van der Waals surface area contributed by atoms with E-state index in [2.05, 4.69) is 4.74 Å². The van der Waals surface area contributed by atoms with Crippen molar-refractivity contribution in [2.24, 2.45) is 0 Å². The summed E-state index contributed by atoms with van der Waals surface area (Å²) in [5.41, 5.74) is 2.00. The van der Waals surface area contributed by atoms with Crippen LogP contribution >= 0.6 is 0 Å². The third-order valence-corrected chi connectivity index (χ3v) is 6.54. The maximum atomic E-state index is 14.0. The molecule has 1 aromatic heterocycles. The third kappa shape index (κ3) is 6.05. The Hall–Kier alpha value is -4.90. The van der Waals surface area contributed by atoms with Gasteiger partial charge in [0.1, 0.15) is 11.6 Å². The van der Waals surface area contributed by atoms with E-state index in [9.17, 15) is 28.0 Å². The molecule has 202 valence electrons. The summed E-state index contributed by atoms with van der Waals surface area (Å²) in [6.07, 6.45) is -2.01. The van der Waals surface area contributed by atoms with Crippen LogP contribution in [0.2, 0.25) is 0 Å². The lowest BCUT2D eigenvalue weighted by molar-refractivity contribution is -0.138. The largest absolute Gasteiger partial charge is 0.466 e. The minimum Gasteiger partial charge on any atom is -0.466 e. The molecule has 0 N–H and O–H groups in total. The highest BCUT2D eigenvalue weighted by Gasteiger charge is 2.36. The number of nitriles is 1. The van der Waals surface area contributed by atoms with Crippen molar-refractivity contribution in [2.75, 3.05) is 7.11 Å². The first-order valence-electron chi connectivity index (χ1n) is 12.3. The van der Waals surface area contributed by atoms with E-state index in [4.69, 9.17) is 0 Å². The molecule has 1 heterocycles. The maximum Gasteiger partial charge on any atom is 0.417 e. The molecule has 0 saturated heterocycles. The number of rotatable bonds is 6. The Bertz CT molecular complexity index is 1730. The van der Waals surface area contributed by atoms with Gasteiger partial charge in [-0.2, -0.15) is 18.4 Å². The second kappa shape index (κ2) is 11.5. The fourth-order valence-electron chi connectivity index (χ4n) is 4.48. The standard InChI is InChI=1S/C32H25F3N2O3/c1-20-10-12-26(21(2)14-20)19-37-29(17-28(32(33,34)35)27(18-36)31(37)39)25-9-5-8-24(16-25)23-7-4-6-22(15-23)11-13-30(38)40-3/h4-17H,19H2,1-3H3. The molecule has 0 radical (unpaired) electrons. The first-order chi connectivity index (χ1) is 19.0. The van der Waals surface area contributed by atoms with Gasteiger partial charge >= 0.3 is 12.1 Å². The number of hydrogen-bond acceptors (Lipinski definition) is 4. The fraction of sp³-hybridized carbons (Fsp3) is 0.156. The van der Waals surface area contributed by atoms with Gasteiger partial charge in [-0.1, -0.05) is 60.2 Å². The van der Waals surface area contributed by atoms with Crippen LogP contribution in [0, 0.1) is 25.2 Å². The SMILES string of the molecule is COC(=O)C=Cc1cccc(-c2cccc(-c3cc(C(F)(F)F)c(C#N)c(=O)n3Cc3ccc(C)cc3C)c2)c1. The van der Waals surface area contributed by atoms with Gasteiger partial charge in [0.15, 0.2) is 0 Å². The molecule has 5 nitrogen and oxygen atoms in total. The highest BCUT2D eigenvalue weighted by atomic mass is 19.4. The summed E-state index contributed by atoms with van der Waals surface area (Å²) < 4.78 is 47.8. The monoisotopic (exact) mass is 542 g/mol. The first kappa shape index (κ1) is 28.1. The number of benzene rings is 3. The molecular formula is C32H25F3N2O3.